The first kappa shape index (κ1) is 28.9. The van der Waals surface area contributed by atoms with Crippen LogP contribution in [0.1, 0.15) is 53.4 Å². The number of hydrogen-bond acceptors (Lipinski definition) is 6. The quantitative estimate of drug-likeness (QED) is 0.222. The van der Waals surface area contributed by atoms with Crippen molar-refractivity contribution in [2.24, 2.45) is 0 Å². The Kier molecular flexibility index (Phi) is 8.83. The van der Waals surface area contributed by atoms with Crippen molar-refractivity contribution in [3.05, 3.63) is 97.9 Å². The van der Waals surface area contributed by atoms with Gasteiger partial charge in [-0.15, -0.1) is 0 Å². The third-order valence-electron chi connectivity index (χ3n) is 6.15. The van der Waals surface area contributed by atoms with Crippen LogP contribution >= 0.6 is 39.9 Å². The highest BCUT2D eigenvalue weighted by molar-refractivity contribution is 9.10. The van der Waals surface area contributed by atoms with Crippen molar-refractivity contribution < 1.29 is 19.1 Å². The van der Waals surface area contributed by atoms with Crippen LogP contribution in [-0.4, -0.2) is 28.3 Å². The summed E-state index contributed by atoms with van der Waals surface area (Å²) in [6.07, 6.45) is 1.71. The molecule has 9 heteroatoms. The van der Waals surface area contributed by atoms with Gasteiger partial charge in [-0.25, -0.2) is 0 Å². The van der Waals surface area contributed by atoms with Crippen LogP contribution in [-0.2, 0) is 16.8 Å². The van der Waals surface area contributed by atoms with E-state index in [1.807, 2.05) is 25.1 Å². The number of amides is 2. The number of hydrogen-bond donors (Lipinski definition) is 1. The van der Waals surface area contributed by atoms with E-state index in [0.717, 1.165) is 27.9 Å². The smallest absolute Gasteiger partial charge is 0.285 e. The van der Waals surface area contributed by atoms with Crippen LogP contribution in [0.3, 0.4) is 0 Å². The van der Waals surface area contributed by atoms with E-state index in [-0.39, 0.29) is 9.74 Å². The van der Waals surface area contributed by atoms with E-state index in [1.54, 1.807) is 31.4 Å². The average Bonchev–Trinajstić information content (AvgIpc) is 3.14. The minimum absolute atomic E-state index is 0.0856. The van der Waals surface area contributed by atoms with Gasteiger partial charge in [0.25, 0.3) is 11.8 Å². The standard InChI is InChI=1S/C30H29BrN2O4S2/c1-18-8-6-7-9-22(18)27(34)32-33-28(35)25(39-29(33)38)16-20-14-23(31)26(24(15-20)36-5)37-17-19-10-12-21(13-11-19)30(2,3)4/h6-16H,17H2,1-5H3,(H,32,34)/b25-16+. The predicted molar refractivity (Wildman–Crippen MR) is 164 cm³/mol. The third kappa shape index (κ3) is 6.72. The number of ether oxygens (including phenoxy) is 2. The zero-order valence-corrected chi connectivity index (χ0v) is 25.6. The Labute approximate surface area is 246 Å². The van der Waals surface area contributed by atoms with Gasteiger partial charge in [-0.2, -0.15) is 5.01 Å². The molecule has 0 unspecified atom stereocenters. The summed E-state index contributed by atoms with van der Waals surface area (Å²) in [4.78, 5) is 26.2. The summed E-state index contributed by atoms with van der Waals surface area (Å²) in [5.41, 5.74) is 7.00. The molecule has 1 saturated heterocycles. The Bertz CT molecular complexity index is 1460. The molecule has 3 aromatic rings. The Morgan fingerprint density at radius 3 is 2.46 bits per heavy atom. The topological polar surface area (TPSA) is 67.9 Å². The second kappa shape index (κ2) is 11.9. The molecule has 0 saturated carbocycles. The van der Waals surface area contributed by atoms with Crippen LogP contribution in [0, 0.1) is 6.92 Å². The lowest BCUT2D eigenvalue weighted by Gasteiger charge is -2.19. The monoisotopic (exact) mass is 624 g/mol. The van der Waals surface area contributed by atoms with Gasteiger partial charge in [0.1, 0.15) is 6.61 Å². The number of thiocarbonyl (C=S) groups is 1. The highest BCUT2D eigenvalue weighted by atomic mass is 79.9. The van der Waals surface area contributed by atoms with E-state index in [0.29, 0.717) is 38.6 Å². The minimum atomic E-state index is -0.402. The predicted octanol–water partition coefficient (Wildman–Crippen LogP) is 7.19. The van der Waals surface area contributed by atoms with Gasteiger partial charge in [0.05, 0.1) is 16.5 Å². The maximum absolute atomic E-state index is 13.1. The van der Waals surface area contributed by atoms with E-state index in [2.05, 4.69) is 66.4 Å². The summed E-state index contributed by atoms with van der Waals surface area (Å²) in [6.45, 7) is 8.75. The number of thioether (sulfide) groups is 1. The molecule has 1 aliphatic heterocycles. The first-order chi connectivity index (χ1) is 18.5. The van der Waals surface area contributed by atoms with Gasteiger partial charge in [0.15, 0.2) is 15.8 Å². The molecule has 0 atom stereocenters. The zero-order valence-electron chi connectivity index (χ0n) is 22.3. The molecular weight excluding hydrogens is 596 g/mol. The summed E-state index contributed by atoms with van der Waals surface area (Å²) >= 11 is 10.1. The normalized spacial score (nSPS) is 14.6. The molecule has 4 rings (SSSR count). The molecule has 0 radical (unpaired) electrons. The number of benzene rings is 3. The van der Waals surface area contributed by atoms with Gasteiger partial charge >= 0.3 is 0 Å². The number of carbonyl (C=O) groups is 2. The molecule has 0 bridgehead atoms. The van der Waals surface area contributed by atoms with E-state index in [4.69, 9.17) is 21.7 Å². The highest BCUT2D eigenvalue weighted by Gasteiger charge is 2.34. The van der Waals surface area contributed by atoms with Crippen LogP contribution in [0.25, 0.3) is 6.08 Å². The maximum Gasteiger partial charge on any atom is 0.285 e. The lowest BCUT2D eigenvalue weighted by molar-refractivity contribution is -0.123. The molecule has 1 fully saturated rings. The Balaban J connectivity index is 1.49. The minimum Gasteiger partial charge on any atom is -0.493 e. The first-order valence-electron chi connectivity index (χ1n) is 12.2. The molecule has 3 aromatic carbocycles. The molecule has 0 aromatic heterocycles. The number of carbonyl (C=O) groups excluding carboxylic acids is 2. The van der Waals surface area contributed by atoms with Crippen molar-refractivity contribution in [1.82, 2.24) is 10.4 Å². The SMILES string of the molecule is COc1cc(/C=C2/SC(=S)N(NC(=O)c3ccccc3C)C2=O)cc(Br)c1OCc1ccc(C(C)(C)C)cc1. The van der Waals surface area contributed by atoms with Crippen molar-refractivity contribution in [2.45, 2.75) is 39.7 Å². The van der Waals surface area contributed by atoms with E-state index < -0.39 is 11.8 Å². The van der Waals surface area contributed by atoms with Crippen LogP contribution in [0.15, 0.2) is 70.0 Å². The summed E-state index contributed by atoms with van der Waals surface area (Å²) < 4.78 is 12.6. The third-order valence-corrected chi connectivity index (χ3v) is 8.04. The fraction of sp³-hybridized carbons (Fsp3) is 0.233. The van der Waals surface area contributed by atoms with Crippen molar-refractivity contribution in [3.63, 3.8) is 0 Å². The van der Waals surface area contributed by atoms with E-state index in [1.165, 1.54) is 5.56 Å². The lowest BCUT2D eigenvalue weighted by atomic mass is 9.87. The summed E-state index contributed by atoms with van der Waals surface area (Å²) in [5, 5.41) is 1.11. The second-order valence-electron chi connectivity index (χ2n) is 10.0. The van der Waals surface area contributed by atoms with Gasteiger partial charge in [0, 0.05) is 5.56 Å². The fourth-order valence-electron chi connectivity index (χ4n) is 3.92. The van der Waals surface area contributed by atoms with Gasteiger partial charge in [0.2, 0.25) is 0 Å². The molecule has 1 aliphatic rings. The van der Waals surface area contributed by atoms with Crippen LogP contribution in [0.4, 0.5) is 0 Å². The second-order valence-corrected chi connectivity index (χ2v) is 12.6. The van der Waals surface area contributed by atoms with Crippen LogP contribution in [0.5, 0.6) is 11.5 Å². The summed E-state index contributed by atoms with van der Waals surface area (Å²) in [5.74, 6) is 0.281. The Hall–Kier alpha value is -3.14. The molecular formula is C30H29BrN2O4S2. The van der Waals surface area contributed by atoms with Crippen molar-refractivity contribution in [3.8, 4) is 11.5 Å². The summed E-state index contributed by atoms with van der Waals surface area (Å²) in [6, 6.07) is 19.2. The van der Waals surface area contributed by atoms with E-state index >= 15 is 0 Å². The van der Waals surface area contributed by atoms with Crippen molar-refractivity contribution in [1.29, 1.82) is 0 Å². The molecule has 39 heavy (non-hydrogen) atoms. The van der Waals surface area contributed by atoms with Crippen molar-refractivity contribution in [2.75, 3.05) is 7.11 Å². The van der Waals surface area contributed by atoms with Gasteiger partial charge in [-0.3, -0.25) is 15.0 Å². The first-order valence-corrected chi connectivity index (χ1v) is 14.2. The van der Waals surface area contributed by atoms with Gasteiger partial charge in [-0.05, 0) is 87.0 Å². The number of rotatable bonds is 7. The zero-order chi connectivity index (χ0) is 28.3. The number of methoxy groups -OCH3 is 1. The molecule has 202 valence electrons. The molecule has 0 spiro atoms. The van der Waals surface area contributed by atoms with Gasteiger partial charge in [-0.1, -0.05) is 75.0 Å². The molecule has 6 nitrogen and oxygen atoms in total. The average molecular weight is 626 g/mol. The highest BCUT2D eigenvalue weighted by Crippen LogP contribution is 2.39. The van der Waals surface area contributed by atoms with Crippen LogP contribution in [0.2, 0.25) is 0 Å². The van der Waals surface area contributed by atoms with Crippen LogP contribution < -0.4 is 14.9 Å². The number of aryl methyl sites for hydroxylation is 1. The van der Waals surface area contributed by atoms with Gasteiger partial charge < -0.3 is 9.47 Å². The Morgan fingerprint density at radius 1 is 1.13 bits per heavy atom. The fourth-order valence-corrected chi connectivity index (χ4v) is 5.68. The number of hydrazine groups is 1. The molecule has 2 amide bonds. The molecule has 0 aliphatic carbocycles. The largest absolute Gasteiger partial charge is 0.493 e. The van der Waals surface area contributed by atoms with Crippen molar-refractivity contribution >= 4 is 62.1 Å². The summed E-state index contributed by atoms with van der Waals surface area (Å²) in [7, 11) is 1.57. The number of halogens is 1. The lowest BCUT2D eigenvalue weighted by Crippen LogP contribution is -2.45. The number of nitrogens with one attached hydrogen (secondary N) is 1. The molecule has 1 N–H and O–H groups in total. The Morgan fingerprint density at radius 2 is 1.82 bits per heavy atom. The molecule has 1 heterocycles. The maximum atomic E-state index is 13.1. The number of nitrogens with zero attached hydrogens (tertiary/aromatic N) is 1. The van der Waals surface area contributed by atoms with E-state index in [9.17, 15) is 9.59 Å².